The number of hydrogen-bond acceptors (Lipinski definition) is 4. The number of esters is 1. The number of rotatable bonds is 4. The minimum atomic E-state index is -0.329. The Bertz CT molecular complexity index is 352. The van der Waals surface area contributed by atoms with Crippen molar-refractivity contribution in [3.05, 3.63) is 28.0 Å². The third-order valence-electron chi connectivity index (χ3n) is 1.55. The van der Waals surface area contributed by atoms with Crippen LogP contribution in [0.4, 0.5) is 0 Å². The normalized spacial score (nSPS) is 10.4. The van der Waals surface area contributed by atoms with Crippen LogP contribution in [0.15, 0.2) is 17.5 Å². The number of thiophene rings is 1. The van der Waals surface area contributed by atoms with Gasteiger partial charge in [-0.15, -0.1) is 11.3 Å². The van der Waals surface area contributed by atoms with E-state index in [0.29, 0.717) is 11.3 Å². The lowest BCUT2D eigenvalue weighted by Crippen LogP contribution is -1.96. The molecular weight excluding hydrogens is 200 g/mol. The molecule has 0 N–H and O–H groups in total. The highest BCUT2D eigenvalue weighted by molar-refractivity contribution is 7.12. The zero-order valence-corrected chi connectivity index (χ0v) is 8.54. The standard InChI is InChI=1S/C10H10O3S/c1-13-10(12)9-6-8(7-14-9)4-2-3-5-11/h2,4-7H,3H2,1H3. The maximum atomic E-state index is 11.1. The summed E-state index contributed by atoms with van der Waals surface area (Å²) in [5, 5.41) is 1.84. The zero-order valence-electron chi connectivity index (χ0n) is 7.73. The van der Waals surface area contributed by atoms with Gasteiger partial charge in [-0.05, 0) is 17.0 Å². The van der Waals surface area contributed by atoms with Gasteiger partial charge in [0.25, 0.3) is 0 Å². The fraction of sp³-hybridized carbons (Fsp3) is 0.200. The van der Waals surface area contributed by atoms with Crippen LogP contribution in [0.1, 0.15) is 21.7 Å². The van der Waals surface area contributed by atoms with Crippen LogP contribution >= 0.6 is 11.3 Å². The van der Waals surface area contributed by atoms with Crippen molar-refractivity contribution in [3.63, 3.8) is 0 Å². The lowest BCUT2D eigenvalue weighted by Gasteiger charge is -1.90. The van der Waals surface area contributed by atoms with Gasteiger partial charge in [0.15, 0.2) is 0 Å². The van der Waals surface area contributed by atoms with Crippen molar-refractivity contribution in [3.8, 4) is 0 Å². The van der Waals surface area contributed by atoms with E-state index < -0.39 is 0 Å². The van der Waals surface area contributed by atoms with Crippen LogP contribution in [0, 0.1) is 0 Å². The van der Waals surface area contributed by atoms with E-state index in [0.717, 1.165) is 11.8 Å². The molecule has 0 radical (unpaired) electrons. The molecule has 1 heterocycles. The highest BCUT2D eigenvalue weighted by Crippen LogP contribution is 2.16. The molecule has 1 aromatic rings. The Morgan fingerprint density at radius 3 is 3.07 bits per heavy atom. The lowest BCUT2D eigenvalue weighted by atomic mass is 10.2. The molecule has 0 bridgehead atoms. The predicted octanol–water partition coefficient (Wildman–Crippen LogP) is 2.14. The molecule has 0 saturated carbocycles. The van der Waals surface area contributed by atoms with Gasteiger partial charge in [0, 0.05) is 6.42 Å². The summed E-state index contributed by atoms with van der Waals surface area (Å²) in [6.45, 7) is 0. The number of ether oxygens (including phenoxy) is 1. The molecule has 0 saturated heterocycles. The molecule has 0 aromatic carbocycles. The first-order chi connectivity index (χ1) is 6.77. The van der Waals surface area contributed by atoms with Crippen molar-refractivity contribution in [2.45, 2.75) is 6.42 Å². The molecule has 0 aliphatic carbocycles. The summed E-state index contributed by atoms with van der Waals surface area (Å²) in [7, 11) is 1.35. The Hall–Kier alpha value is -1.42. The fourth-order valence-corrected chi connectivity index (χ4v) is 1.70. The summed E-state index contributed by atoms with van der Waals surface area (Å²) in [5.41, 5.74) is 0.914. The van der Waals surface area contributed by atoms with Crippen LogP contribution in [0.2, 0.25) is 0 Å². The third kappa shape index (κ3) is 2.81. The van der Waals surface area contributed by atoms with E-state index in [2.05, 4.69) is 4.74 Å². The lowest BCUT2D eigenvalue weighted by molar-refractivity contribution is -0.107. The van der Waals surface area contributed by atoms with Crippen LogP contribution in [-0.4, -0.2) is 19.4 Å². The maximum absolute atomic E-state index is 11.1. The average Bonchev–Trinajstić information content (AvgIpc) is 2.66. The first-order valence-corrected chi connectivity index (χ1v) is 4.93. The van der Waals surface area contributed by atoms with E-state index in [1.165, 1.54) is 18.4 Å². The Morgan fingerprint density at radius 2 is 2.43 bits per heavy atom. The Morgan fingerprint density at radius 1 is 1.64 bits per heavy atom. The minimum absolute atomic E-state index is 0.329. The van der Waals surface area contributed by atoms with Crippen LogP contribution in [-0.2, 0) is 9.53 Å². The predicted molar refractivity (Wildman–Crippen MR) is 55.4 cm³/mol. The molecule has 0 atom stereocenters. The van der Waals surface area contributed by atoms with Crippen molar-refractivity contribution in [2.75, 3.05) is 7.11 Å². The molecule has 4 heteroatoms. The third-order valence-corrected chi connectivity index (χ3v) is 2.48. The summed E-state index contributed by atoms with van der Waals surface area (Å²) in [5.74, 6) is -0.329. The zero-order chi connectivity index (χ0) is 10.4. The van der Waals surface area contributed by atoms with E-state index in [-0.39, 0.29) is 5.97 Å². The fourth-order valence-electron chi connectivity index (χ4n) is 0.906. The minimum Gasteiger partial charge on any atom is -0.465 e. The van der Waals surface area contributed by atoms with E-state index in [4.69, 9.17) is 0 Å². The quantitative estimate of drug-likeness (QED) is 0.565. The summed E-state index contributed by atoms with van der Waals surface area (Å²) >= 11 is 1.33. The number of hydrogen-bond donors (Lipinski definition) is 0. The van der Waals surface area contributed by atoms with Crippen molar-refractivity contribution >= 4 is 29.7 Å². The topological polar surface area (TPSA) is 43.4 Å². The Labute approximate surface area is 86.0 Å². The van der Waals surface area contributed by atoms with E-state index in [1.807, 2.05) is 5.38 Å². The van der Waals surface area contributed by atoms with Crippen LogP contribution in [0.3, 0.4) is 0 Å². The van der Waals surface area contributed by atoms with Gasteiger partial charge in [-0.25, -0.2) is 4.79 Å². The molecule has 1 rings (SSSR count). The van der Waals surface area contributed by atoms with Gasteiger partial charge in [0.2, 0.25) is 0 Å². The van der Waals surface area contributed by atoms with Crippen LogP contribution < -0.4 is 0 Å². The van der Waals surface area contributed by atoms with Gasteiger partial charge in [-0.2, -0.15) is 0 Å². The second-order valence-electron chi connectivity index (χ2n) is 2.54. The number of carbonyl (C=O) groups excluding carboxylic acids is 2. The van der Waals surface area contributed by atoms with Crippen LogP contribution in [0.5, 0.6) is 0 Å². The number of methoxy groups -OCH3 is 1. The molecule has 0 amide bonds. The monoisotopic (exact) mass is 210 g/mol. The molecule has 74 valence electrons. The SMILES string of the molecule is COC(=O)c1cc(C=CCC=O)cs1. The number of carbonyl (C=O) groups is 2. The van der Waals surface area contributed by atoms with Gasteiger partial charge in [-0.3, -0.25) is 0 Å². The average molecular weight is 210 g/mol. The second-order valence-corrected chi connectivity index (χ2v) is 3.45. The van der Waals surface area contributed by atoms with Crippen molar-refractivity contribution in [2.24, 2.45) is 0 Å². The van der Waals surface area contributed by atoms with Crippen molar-refractivity contribution in [1.29, 1.82) is 0 Å². The van der Waals surface area contributed by atoms with Gasteiger partial charge in [-0.1, -0.05) is 12.2 Å². The van der Waals surface area contributed by atoms with E-state index >= 15 is 0 Å². The summed E-state index contributed by atoms with van der Waals surface area (Å²) in [4.78, 5) is 21.7. The van der Waals surface area contributed by atoms with E-state index in [9.17, 15) is 9.59 Å². The van der Waals surface area contributed by atoms with Gasteiger partial charge in [0.1, 0.15) is 11.2 Å². The molecular formula is C10H10O3S. The highest BCUT2D eigenvalue weighted by atomic mass is 32.1. The molecule has 3 nitrogen and oxygen atoms in total. The van der Waals surface area contributed by atoms with Crippen molar-refractivity contribution < 1.29 is 14.3 Å². The first kappa shape index (κ1) is 10.7. The van der Waals surface area contributed by atoms with Crippen molar-refractivity contribution in [1.82, 2.24) is 0 Å². The summed E-state index contributed by atoms with van der Waals surface area (Å²) in [6, 6.07) is 1.73. The molecule has 14 heavy (non-hydrogen) atoms. The van der Waals surface area contributed by atoms with Gasteiger partial charge in [0.05, 0.1) is 7.11 Å². The molecule has 0 aliphatic heterocycles. The van der Waals surface area contributed by atoms with E-state index in [1.54, 1.807) is 18.2 Å². The molecule has 0 unspecified atom stereocenters. The molecule has 0 fully saturated rings. The van der Waals surface area contributed by atoms with Gasteiger partial charge < -0.3 is 9.53 Å². The second kappa shape index (κ2) is 5.34. The Kier molecular flexibility index (Phi) is 4.07. The van der Waals surface area contributed by atoms with Crippen LogP contribution in [0.25, 0.3) is 6.08 Å². The van der Waals surface area contributed by atoms with Gasteiger partial charge >= 0.3 is 5.97 Å². The molecule has 0 spiro atoms. The number of aldehydes is 1. The number of allylic oxidation sites excluding steroid dienone is 1. The highest BCUT2D eigenvalue weighted by Gasteiger charge is 2.06. The maximum Gasteiger partial charge on any atom is 0.348 e. The smallest absolute Gasteiger partial charge is 0.348 e. The first-order valence-electron chi connectivity index (χ1n) is 4.05. The molecule has 0 aliphatic rings. The Balaban J connectivity index is 2.68. The largest absolute Gasteiger partial charge is 0.465 e. The summed E-state index contributed by atoms with van der Waals surface area (Å²) in [6.07, 6.45) is 4.76. The summed E-state index contributed by atoms with van der Waals surface area (Å²) < 4.78 is 4.57. The molecule has 1 aromatic heterocycles.